The Kier molecular flexibility index (Phi) is 2.25. The Balaban J connectivity index is 2.90. The molecule has 2 aromatic rings. The summed E-state index contributed by atoms with van der Waals surface area (Å²) in [6.45, 7) is 1.48. The van der Waals surface area contributed by atoms with E-state index in [9.17, 15) is 4.79 Å². The minimum absolute atomic E-state index is 0.0662. The van der Waals surface area contributed by atoms with Gasteiger partial charge in [0.15, 0.2) is 5.78 Å². The van der Waals surface area contributed by atoms with Crippen LogP contribution in [0.5, 0.6) is 0 Å². The molecule has 1 N–H and O–H groups in total. The Morgan fingerprint density at radius 2 is 2.07 bits per heavy atom. The van der Waals surface area contributed by atoms with E-state index < -0.39 is 0 Å². The maximum Gasteiger partial charge on any atom is 0.163 e. The fourth-order valence-corrected chi connectivity index (χ4v) is 2.05. The summed E-state index contributed by atoms with van der Waals surface area (Å²) in [7, 11) is 0. The number of hydrogen-bond donors (Lipinski definition) is 1. The first-order valence-corrected chi connectivity index (χ1v) is 4.83. The number of aromatic nitrogens is 1. The summed E-state index contributed by atoms with van der Waals surface area (Å²) in [5.74, 6) is -0.0662. The lowest BCUT2D eigenvalue weighted by Crippen LogP contribution is -1.90. The molecule has 0 aliphatic rings. The quantitative estimate of drug-likeness (QED) is 0.742. The van der Waals surface area contributed by atoms with Crippen LogP contribution < -0.4 is 0 Å². The second kappa shape index (κ2) is 3.30. The molecule has 1 aromatic heterocycles. The summed E-state index contributed by atoms with van der Waals surface area (Å²) < 4.78 is 0. The highest BCUT2D eigenvalue weighted by molar-refractivity contribution is 6.39. The zero-order valence-corrected chi connectivity index (χ0v) is 8.91. The van der Waals surface area contributed by atoms with E-state index in [0.717, 1.165) is 5.39 Å². The molecule has 0 atom stereocenters. The Hall–Kier alpha value is -0.990. The molecular formula is C10H7Cl2NO. The molecule has 1 heterocycles. The van der Waals surface area contributed by atoms with E-state index in [2.05, 4.69) is 4.98 Å². The van der Waals surface area contributed by atoms with Crippen LogP contribution in [-0.4, -0.2) is 10.8 Å². The first kappa shape index (κ1) is 9.56. The van der Waals surface area contributed by atoms with Crippen molar-refractivity contribution in [1.29, 1.82) is 0 Å². The van der Waals surface area contributed by atoms with Crippen LogP contribution in [0.4, 0.5) is 0 Å². The van der Waals surface area contributed by atoms with Gasteiger partial charge < -0.3 is 4.98 Å². The molecule has 0 fully saturated rings. The number of nitrogens with one attached hydrogen (secondary N) is 1. The molecule has 0 radical (unpaired) electrons. The maximum absolute atomic E-state index is 11.3. The molecule has 0 amide bonds. The predicted molar refractivity (Wildman–Crippen MR) is 58.3 cm³/mol. The lowest BCUT2D eigenvalue weighted by Gasteiger charge is -1.94. The number of benzene rings is 1. The number of carbonyl (C=O) groups excluding carboxylic acids is 1. The van der Waals surface area contributed by atoms with Gasteiger partial charge in [-0.15, -0.1) is 0 Å². The zero-order chi connectivity index (χ0) is 10.3. The van der Waals surface area contributed by atoms with Gasteiger partial charge in [-0.1, -0.05) is 35.3 Å². The monoisotopic (exact) mass is 227 g/mol. The Morgan fingerprint density at radius 1 is 1.36 bits per heavy atom. The van der Waals surface area contributed by atoms with Crippen molar-refractivity contribution in [2.45, 2.75) is 6.92 Å². The molecule has 0 saturated carbocycles. The highest BCUT2D eigenvalue weighted by atomic mass is 35.5. The number of hydrogen-bond acceptors (Lipinski definition) is 1. The third-order valence-electron chi connectivity index (χ3n) is 2.09. The van der Waals surface area contributed by atoms with E-state index in [1.54, 1.807) is 12.1 Å². The van der Waals surface area contributed by atoms with Crippen LogP contribution >= 0.6 is 23.2 Å². The predicted octanol–water partition coefficient (Wildman–Crippen LogP) is 3.68. The van der Waals surface area contributed by atoms with Gasteiger partial charge in [-0.2, -0.15) is 0 Å². The zero-order valence-electron chi connectivity index (χ0n) is 7.40. The molecule has 1 aromatic carbocycles. The number of aromatic amines is 1. The second-order valence-electron chi connectivity index (χ2n) is 3.03. The largest absolute Gasteiger partial charge is 0.344 e. The van der Waals surface area contributed by atoms with Gasteiger partial charge in [0.1, 0.15) is 5.15 Å². The van der Waals surface area contributed by atoms with Gasteiger partial charge in [0, 0.05) is 5.39 Å². The lowest BCUT2D eigenvalue weighted by atomic mass is 10.1. The molecule has 2 nitrogen and oxygen atoms in total. The van der Waals surface area contributed by atoms with Crippen LogP contribution in [0.25, 0.3) is 10.9 Å². The van der Waals surface area contributed by atoms with Crippen LogP contribution in [-0.2, 0) is 0 Å². The van der Waals surface area contributed by atoms with Gasteiger partial charge in [-0.3, -0.25) is 4.79 Å². The number of H-pyrrole nitrogens is 1. The van der Waals surface area contributed by atoms with Crippen molar-refractivity contribution >= 4 is 39.9 Å². The molecule has 0 unspecified atom stereocenters. The molecule has 0 saturated heterocycles. The summed E-state index contributed by atoms with van der Waals surface area (Å²) in [5.41, 5.74) is 1.22. The molecule has 14 heavy (non-hydrogen) atoms. The third-order valence-corrected chi connectivity index (χ3v) is 2.69. The lowest BCUT2D eigenvalue weighted by molar-refractivity contribution is 0.101. The third kappa shape index (κ3) is 1.31. The van der Waals surface area contributed by atoms with E-state index in [4.69, 9.17) is 23.2 Å². The van der Waals surface area contributed by atoms with Crippen molar-refractivity contribution in [3.63, 3.8) is 0 Å². The number of carbonyl (C=O) groups is 1. The van der Waals surface area contributed by atoms with E-state index >= 15 is 0 Å². The minimum atomic E-state index is -0.0662. The van der Waals surface area contributed by atoms with Crippen molar-refractivity contribution in [2.75, 3.05) is 0 Å². The van der Waals surface area contributed by atoms with Gasteiger partial charge in [-0.05, 0) is 13.0 Å². The summed E-state index contributed by atoms with van der Waals surface area (Å²) >= 11 is 11.8. The van der Waals surface area contributed by atoms with Crippen molar-refractivity contribution in [3.8, 4) is 0 Å². The molecule has 0 spiro atoms. The molecule has 0 aliphatic carbocycles. The molecule has 72 valence electrons. The number of rotatable bonds is 1. The van der Waals surface area contributed by atoms with Gasteiger partial charge in [-0.25, -0.2) is 0 Å². The SMILES string of the molecule is CC(=O)c1c(Cl)[nH]c2c(Cl)cccc12. The summed E-state index contributed by atoms with van der Waals surface area (Å²) in [6, 6.07) is 5.36. The van der Waals surface area contributed by atoms with Gasteiger partial charge in [0.25, 0.3) is 0 Å². The average Bonchev–Trinajstić information content (AvgIpc) is 2.42. The number of ketones is 1. The highest BCUT2D eigenvalue weighted by Gasteiger charge is 2.14. The number of fused-ring (bicyclic) bond motifs is 1. The van der Waals surface area contributed by atoms with E-state index in [0.29, 0.717) is 21.3 Å². The Morgan fingerprint density at radius 3 is 2.71 bits per heavy atom. The van der Waals surface area contributed by atoms with Gasteiger partial charge >= 0.3 is 0 Å². The molecular weight excluding hydrogens is 221 g/mol. The van der Waals surface area contributed by atoms with Gasteiger partial charge in [0.05, 0.1) is 16.1 Å². The van der Waals surface area contributed by atoms with Crippen LogP contribution in [0.15, 0.2) is 18.2 Å². The first-order valence-electron chi connectivity index (χ1n) is 4.08. The average molecular weight is 228 g/mol. The van der Waals surface area contributed by atoms with Crippen LogP contribution in [0.2, 0.25) is 10.2 Å². The maximum atomic E-state index is 11.3. The minimum Gasteiger partial charge on any atom is -0.344 e. The number of para-hydroxylation sites is 1. The first-order chi connectivity index (χ1) is 6.61. The van der Waals surface area contributed by atoms with Crippen molar-refractivity contribution in [2.24, 2.45) is 0 Å². The van der Waals surface area contributed by atoms with Crippen LogP contribution in [0.1, 0.15) is 17.3 Å². The van der Waals surface area contributed by atoms with Crippen molar-refractivity contribution in [1.82, 2.24) is 4.98 Å². The number of halogens is 2. The topological polar surface area (TPSA) is 32.9 Å². The summed E-state index contributed by atoms with van der Waals surface area (Å²) in [5, 5.41) is 1.69. The normalized spacial score (nSPS) is 10.8. The van der Waals surface area contributed by atoms with Crippen molar-refractivity contribution in [3.05, 3.63) is 33.9 Å². The fraction of sp³-hybridized carbons (Fsp3) is 0.100. The van der Waals surface area contributed by atoms with E-state index in [1.165, 1.54) is 6.92 Å². The molecule has 0 aliphatic heterocycles. The molecule has 4 heteroatoms. The Labute approximate surface area is 90.8 Å². The summed E-state index contributed by atoms with van der Waals surface area (Å²) in [6.07, 6.45) is 0. The van der Waals surface area contributed by atoms with E-state index in [1.807, 2.05) is 6.07 Å². The molecule has 2 rings (SSSR count). The van der Waals surface area contributed by atoms with E-state index in [-0.39, 0.29) is 5.78 Å². The Bertz CT molecular complexity index is 516. The highest BCUT2D eigenvalue weighted by Crippen LogP contribution is 2.30. The summed E-state index contributed by atoms with van der Waals surface area (Å²) in [4.78, 5) is 14.2. The molecule has 0 bridgehead atoms. The second-order valence-corrected chi connectivity index (χ2v) is 3.82. The van der Waals surface area contributed by atoms with Crippen LogP contribution in [0.3, 0.4) is 0 Å². The van der Waals surface area contributed by atoms with Crippen molar-refractivity contribution < 1.29 is 4.79 Å². The fourth-order valence-electron chi connectivity index (χ4n) is 1.49. The smallest absolute Gasteiger partial charge is 0.163 e. The number of Topliss-reactive ketones (excluding diaryl/α,β-unsaturated/α-hetero) is 1. The van der Waals surface area contributed by atoms with Gasteiger partial charge in [0.2, 0.25) is 0 Å². The van der Waals surface area contributed by atoms with Crippen LogP contribution in [0, 0.1) is 0 Å². The standard InChI is InChI=1S/C10H7Cl2NO/c1-5(14)8-6-3-2-4-7(11)9(6)13-10(8)12/h2-4,13H,1H3.